The van der Waals surface area contributed by atoms with E-state index in [1.54, 1.807) is 0 Å². The van der Waals surface area contributed by atoms with Gasteiger partial charge in [0.1, 0.15) is 12.4 Å². The summed E-state index contributed by atoms with van der Waals surface area (Å²) in [4.78, 5) is 20.5. The summed E-state index contributed by atoms with van der Waals surface area (Å²) >= 11 is 11.9. The lowest BCUT2D eigenvalue weighted by Gasteiger charge is -2.12. The molecule has 3 rings (SSSR count). The van der Waals surface area contributed by atoms with Crippen LogP contribution in [0.1, 0.15) is 5.82 Å². The third kappa shape index (κ3) is 3.39. The first-order valence-corrected chi connectivity index (χ1v) is 7.41. The summed E-state index contributed by atoms with van der Waals surface area (Å²) in [6.07, 6.45) is -0.718. The minimum atomic E-state index is -4.39. The van der Waals surface area contributed by atoms with Crippen LogP contribution < -0.4 is 5.56 Å². The Balaban J connectivity index is 2.02. The van der Waals surface area contributed by atoms with Crippen molar-refractivity contribution in [3.63, 3.8) is 0 Å². The van der Waals surface area contributed by atoms with Crippen LogP contribution in [0, 0.1) is 0 Å². The van der Waals surface area contributed by atoms with Crippen molar-refractivity contribution < 1.29 is 13.2 Å². The molecule has 3 aromatic rings. The lowest BCUT2D eigenvalue weighted by molar-refractivity contribution is -0.141. The molecule has 2 heterocycles. The van der Waals surface area contributed by atoms with Gasteiger partial charge < -0.3 is 4.57 Å². The Bertz CT molecular complexity index is 965. The summed E-state index contributed by atoms with van der Waals surface area (Å²) in [6, 6.07) is 2.87. The molecule has 0 aliphatic rings. The van der Waals surface area contributed by atoms with Crippen LogP contribution in [0.25, 0.3) is 10.9 Å². The highest BCUT2D eigenvalue weighted by molar-refractivity contribution is 6.38. The van der Waals surface area contributed by atoms with Crippen molar-refractivity contribution >= 4 is 34.1 Å². The molecule has 0 saturated heterocycles. The fourth-order valence-electron chi connectivity index (χ4n) is 2.29. The van der Waals surface area contributed by atoms with E-state index in [-0.39, 0.29) is 33.3 Å². The molecule has 0 amide bonds. The zero-order valence-corrected chi connectivity index (χ0v) is 13.4. The summed E-state index contributed by atoms with van der Waals surface area (Å²) < 4.78 is 39.8. The molecule has 2 aromatic heterocycles. The van der Waals surface area contributed by atoms with Crippen LogP contribution in [0.15, 0.2) is 35.6 Å². The molecular formula is C14H9Cl2F3N4O. The van der Waals surface area contributed by atoms with Crippen LogP contribution in [0.2, 0.25) is 10.0 Å². The lowest BCUT2D eigenvalue weighted by Crippen LogP contribution is -2.25. The van der Waals surface area contributed by atoms with Crippen molar-refractivity contribution in [1.29, 1.82) is 0 Å². The predicted molar refractivity (Wildman–Crippen MR) is 83.4 cm³/mol. The number of imidazole rings is 1. The van der Waals surface area contributed by atoms with Gasteiger partial charge in [-0.15, -0.1) is 0 Å². The molecule has 126 valence electrons. The van der Waals surface area contributed by atoms with Gasteiger partial charge in [0, 0.05) is 17.4 Å². The zero-order valence-electron chi connectivity index (χ0n) is 11.9. The molecule has 0 aliphatic carbocycles. The van der Waals surface area contributed by atoms with Gasteiger partial charge in [0.2, 0.25) is 0 Å². The first kappa shape index (κ1) is 16.8. The van der Waals surface area contributed by atoms with Crippen LogP contribution >= 0.6 is 23.2 Å². The van der Waals surface area contributed by atoms with Gasteiger partial charge in [0.15, 0.2) is 0 Å². The topological polar surface area (TPSA) is 52.7 Å². The first-order chi connectivity index (χ1) is 11.2. The van der Waals surface area contributed by atoms with Crippen LogP contribution in [0.3, 0.4) is 0 Å². The monoisotopic (exact) mass is 376 g/mol. The second kappa shape index (κ2) is 6.10. The van der Waals surface area contributed by atoms with E-state index in [0.717, 1.165) is 9.13 Å². The van der Waals surface area contributed by atoms with Crippen LogP contribution in [0.5, 0.6) is 0 Å². The van der Waals surface area contributed by atoms with Crippen LogP contribution in [-0.4, -0.2) is 25.3 Å². The Morgan fingerprint density at radius 1 is 1.12 bits per heavy atom. The van der Waals surface area contributed by atoms with Gasteiger partial charge in [0.05, 0.1) is 28.8 Å². The van der Waals surface area contributed by atoms with E-state index < -0.39 is 18.3 Å². The molecule has 24 heavy (non-hydrogen) atoms. The second-order valence-corrected chi connectivity index (χ2v) is 5.89. The van der Waals surface area contributed by atoms with Crippen LogP contribution in [-0.2, 0) is 13.1 Å². The third-order valence-corrected chi connectivity index (χ3v) is 3.82. The van der Waals surface area contributed by atoms with Crippen molar-refractivity contribution in [2.75, 3.05) is 0 Å². The van der Waals surface area contributed by atoms with Crippen molar-refractivity contribution in [3.8, 4) is 0 Å². The molecule has 0 atom stereocenters. The van der Waals surface area contributed by atoms with Crippen molar-refractivity contribution in [2.24, 2.45) is 0 Å². The number of benzene rings is 1. The highest BCUT2D eigenvalue weighted by atomic mass is 35.5. The van der Waals surface area contributed by atoms with E-state index in [2.05, 4.69) is 9.97 Å². The number of rotatable bonds is 3. The maximum Gasteiger partial charge on any atom is 0.406 e. The average molecular weight is 377 g/mol. The summed E-state index contributed by atoms with van der Waals surface area (Å²) in [5.74, 6) is 0.0868. The Kier molecular flexibility index (Phi) is 4.27. The minimum absolute atomic E-state index is 0.0868. The number of hydrogen-bond acceptors (Lipinski definition) is 3. The molecule has 0 saturated carbocycles. The maximum atomic E-state index is 12.6. The van der Waals surface area contributed by atoms with Gasteiger partial charge in [-0.25, -0.2) is 9.97 Å². The molecule has 0 fully saturated rings. The minimum Gasteiger partial charge on any atom is -0.324 e. The number of alkyl halides is 3. The Hall–Kier alpha value is -2.06. The quantitative estimate of drug-likeness (QED) is 0.702. The summed E-state index contributed by atoms with van der Waals surface area (Å²) in [7, 11) is 0. The van der Waals surface area contributed by atoms with Gasteiger partial charge in [-0.05, 0) is 12.1 Å². The van der Waals surface area contributed by atoms with Crippen molar-refractivity contribution in [3.05, 3.63) is 57.1 Å². The standard InChI is InChI=1S/C14H9Cl2F3N4O/c15-8-3-9-12(10(16)4-8)21-7-23(13(9)24)5-11-20-1-2-22(11)6-14(17,18)19/h1-4,7H,5-6H2. The average Bonchev–Trinajstić information content (AvgIpc) is 2.87. The van der Waals surface area contributed by atoms with Crippen molar-refractivity contribution in [1.82, 2.24) is 19.1 Å². The fraction of sp³-hybridized carbons (Fsp3) is 0.214. The normalized spacial score (nSPS) is 12.0. The SMILES string of the molecule is O=c1c2cc(Cl)cc(Cl)c2ncn1Cc1nccn1CC(F)(F)F. The van der Waals surface area contributed by atoms with Gasteiger partial charge in [0.25, 0.3) is 5.56 Å². The second-order valence-electron chi connectivity index (χ2n) is 5.05. The molecular weight excluding hydrogens is 368 g/mol. The number of hydrogen-bond donors (Lipinski definition) is 0. The lowest BCUT2D eigenvalue weighted by atomic mass is 10.2. The summed E-state index contributed by atoms with van der Waals surface area (Å²) in [6.45, 7) is -1.34. The van der Waals surface area contributed by atoms with Gasteiger partial charge in [-0.1, -0.05) is 23.2 Å². The number of nitrogens with zero attached hydrogens (tertiary/aromatic N) is 4. The molecule has 0 spiro atoms. The van der Waals surface area contributed by atoms with Crippen molar-refractivity contribution in [2.45, 2.75) is 19.3 Å². The Labute approximate surface area is 143 Å². The fourth-order valence-corrected chi connectivity index (χ4v) is 2.83. The van der Waals surface area contributed by atoms with Gasteiger partial charge in [-0.3, -0.25) is 9.36 Å². The Morgan fingerprint density at radius 2 is 1.88 bits per heavy atom. The molecule has 10 heteroatoms. The van der Waals surface area contributed by atoms with E-state index in [4.69, 9.17) is 23.2 Å². The van der Waals surface area contributed by atoms with E-state index in [1.807, 2.05) is 0 Å². The molecule has 0 N–H and O–H groups in total. The molecule has 0 unspecified atom stereocenters. The molecule has 0 bridgehead atoms. The largest absolute Gasteiger partial charge is 0.406 e. The van der Waals surface area contributed by atoms with Gasteiger partial charge in [-0.2, -0.15) is 13.2 Å². The summed E-state index contributed by atoms with van der Waals surface area (Å²) in [5, 5.41) is 0.673. The highest BCUT2D eigenvalue weighted by Crippen LogP contribution is 2.24. The smallest absolute Gasteiger partial charge is 0.324 e. The van der Waals surface area contributed by atoms with Crippen LogP contribution in [0.4, 0.5) is 13.2 Å². The van der Waals surface area contributed by atoms with E-state index in [0.29, 0.717) is 0 Å². The molecule has 5 nitrogen and oxygen atoms in total. The summed E-state index contributed by atoms with van der Waals surface area (Å²) in [5.41, 5.74) is -0.188. The predicted octanol–water partition coefficient (Wildman–Crippen LogP) is 3.51. The third-order valence-electron chi connectivity index (χ3n) is 3.31. The maximum absolute atomic E-state index is 12.6. The molecule has 0 aliphatic heterocycles. The Morgan fingerprint density at radius 3 is 2.58 bits per heavy atom. The molecule has 0 radical (unpaired) electrons. The number of fused-ring (bicyclic) bond motifs is 1. The van der Waals surface area contributed by atoms with E-state index in [1.165, 1.54) is 30.9 Å². The first-order valence-electron chi connectivity index (χ1n) is 6.65. The molecule has 1 aromatic carbocycles. The zero-order chi connectivity index (χ0) is 17.5. The number of aromatic nitrogens is 4. The van der Waals surface area contributed by atoms with Gasteiger partial charge >= 0.3 is 6.18 Å². The number of halogens is 5. The van der Waals surface area contributed by atoms with E-state index >= 15 is 0 Å². The highest BCUT2D eigenvalue weighted by Gasteiger charge is 2.28. The van der Waals surface area contributed by atoms with E-state index in [9.17, 15) is 18.0 Å².